The maximum Gasteiger partial charge on any atom is 0.129 e. The largest absolute Gasteiger partial charge is 0.359 e. The van der Waals surface area contributed by atoms with Gasteiger partial charge in [0.2, 0.25) is 0 Å². The van der Waals surface area contributed by atoms with Crippen LogP contribution < -0.4 is 10.6 Å². The van der Waals surface area contributed by atoms with Crippen LogP contribution in [0.2, 0.25) is 0 Å². The number of pyridine rings is 1. The van der Waals surface area contributed by atoms with E-state index in [2.05, 4.69) is 34.2 Å². The van der Waals surface area contributed by atoms with Crippen molar-refractivity contribution in [3.63, 3.8) is 0 Å². The zero-order valence-corrected chi connectivity index (χ0v) is 12.5. The van der Waals surface area contributed by atoms with E-state index in [1.165, 1.54) is 16.9 Å². The molecule has 2 heterocycles. The molecule has 0 aromatic carbocycles. The fraction of sp³-hybridized carbons (Fsp3) is 0.467. The van der Waals surface area contributed by atoms with Crippen LogP contribution in [0.1, 0.15) is 16.8 Å². The van der Waals surface area contributed by atoms with Crippen LogP contribution in [-0.4, -0.2) is 34.9 Å². The molecule has 5 nitrogen and oxygen atoms in total. The number of aromatic nitrogens is 3. The van der Waals surface area contributed by atoms with Crippen molar-refractivity contribution in [1.29, 1.82) is 0 Å². The molecule has 0 bridgehead atoms. The van der Waals surface area contributed by atoms with E-state index in [1.807, 2.05) is 31.0 Å². The van der Waals surface area contributed by atoms with Crippen molar-refractivity contribution in [2.45, 2.75) is 19.8 Å². The second-order valence-electron chi connectivity index (χ2n) is 5.08. The van der Waals surface area contributed by atoms with Crippen LogP contribution in [0.5, 0.6) is 0 Å². The highest BCUT2D eigenvalue weighted by Crippen LogP contribution is 2.22. The lowest BCUT2D eigenvalue weighted by Crippen LogP contribution is -2.24. The fourth-order valence-corrected chi connectivity index (χ4v) is 2.56. The third kappa shape index (κ3) is 3.17. The summed E-state index contributed by atoms with van der Waals surface area (Å²) in [5.41, 5.74) is 9.34. The Bertz CT molecular complexity index is 547. The summed E-state index contributed by atoms with van der Waals surface area (Å²) < 4.78 is 1.95. The molecule has 2 N–H and O–H groups in total. The summed E-state index contributed by atoms with van der Waals surface area (Å²) in [7, 11) is 4.10. The molecule has 0 atom stereocenters. The Balaban J connectivity index is 2.10. The van der Waals surface area contributed by atoms with E-state index < -0.39 is 0 Å². The number of hydrogen-bond acceptors (Lipinski definition) is 4. The number of aryl methyl sites for hydroxylation is 2. The standard InChI is InChI=1S/C15H23N5/c1-12-14(4-8-16)15(20(3)18-12)19(2)11-7-13-5-9-17-10-6-13/h5-6,9-10H,4,7-8,11,16H2,1-3H3. The van der Waals surface area contributed by atoms with Crippen molar-refractivity contribution in [3.8, 4) is 0 Å². The van der Waals surface area contributed by atoms with Crippen LogP contribution in [0.25, 0.3) is 0 Å². The summed E-state index contributed by atoms with van der Waals surface area (Å²) in [6, 6.07) is 4.12. The lowest BCUT2D eigenvalue weighted by molar-refractivity contribution is 0.722. The topological polar surface area (TPSA) is 60.0 Å². The van der Waals surface area contributed by atoms with E-state index >= 15 is 0 Å². The van der Waals surface area contributed by atoms with E-state index in [4.69, 9.17) is 5.73 Å². The smallest absolute Gasteiger partial charge is 0.129 e. The van der Waals surface area contributed by atoms with Gasteiger partial charge in [0, 0.05) is 38.6 Å². The van der Waals surface area contributed by atoms with Gasteiger partial charge in [0.15, 0.2) is 0 Å². The Morgan fingerprint density at radius 1 is 1.25 bits per heavy atom. The molecule has 20 heavy (non-hydrogen) atoms. The summed E-state index contributed by atoms with van der Waals surface area (Å²) in [6.45, 7) is 3.64. The van der Waals surface area contributed by atoms with Crippen molar-refractivity contribution in [2.24, 2.45) is 12.8 Å². The van der Waals surface area contributed by atoms with Crippen molar-refractivity contribution in [3.05, 3.63) is 41.3 Å². The van der Waals surface area contributed by atoms with Gasteiger partial charge in [-0.25, -0.2) is 0 Å². The first-order chi connectivity index (χ1) is 9.63. The van der Waals surface area contributed by atoms with Gasteiger partial charge in [-0.3, -0.25) is 9.67 Å². The fourth-order valence-electron chi connectivity index (χ4n) is 2.56. The van der Waals surface area contributed by atoms with Crippen LogP contribution in [0.3, 0.4) is 0 Å². The van der Waals surface area contributed by atoms with E-state index in [-0.39, 0.29) is 0 Å². The second-order valence-corrected chi connectivity index (χ2v) is 5.08. The van der Waals surface area contributed by atoms with Gasteiger partial charge in [-0.2, -0.15) is 5.10 Å². The first-order valence-electron chi connectivity index (χ1n) is 6.96. The third-order valence-corrected chi connectivity index (χ3v) is 3.55. The Morgan fingerprint density at radius 3 is 2.60 bits per heavy atom. The van der Waals surface area contributed by atoms with Crippen molar-refractivity contribution < 1.29 is 0 Å². The van der Waals surface area contributed by atoms with Crippen LogP contribution in [0.4, 0.5) is 5.82 Å². The first kappa shape index (κ1) is 14.5. The van der Waals surface area contributed by atoms with Gasteiger partial charge in [-0.05, 0) is 44.0 Å². The maximum absolute atomic E-state index is 5.71. The van der Waals surface area contributed by atoms with Crippen LogP contribution >= 0.6 is 0 Å². The van der Waals surface area contributed by atoms with Crippen molar-refractivity contribution >= 4 is 5.82 Å². The molecule has 0 aliphatic rings. The molecule has 0 saturated heterocycles. The van der Waals surface area contributed by atoms with Gasteiger partial charge in [-0.1, -0.05) is 0 Å². The second kappa shape index (κ2) is 6.52. The minimum absolute atomic E-state index is 0.651. The highest BCUT2D eigenvalue weighted by molar-refractivity contribution is 5.49. The summed E-state index contributed by atoms with van der Waals surface area (Å²) in [6.07, 6.45) is 5.53. The predicted molar refractivity (Wildman–Crippen MR) is 81.9 cm³/mol. The molecule has 0 aliphatic carbocycles. The van der Waals surface area contributed by atoms with E-state index in [1.54, 1.807) is 0 Å². The summed E-state index contributed by atoms with van der Waals surface area (Å²) in [4.78, 5) is 6.30. The Morgan fingerprint density at radius 2 is 1.95 bits per heavy atom. The molecule has 2 aromatic rings. The van der Waals surface area contributed by atoms with Gasteiger partial charge >= 0.3 is 0 Å². The van der Waals surface area contributed by atoms with Crippen LogP contribution in [0, 0.1) is 6.92 Å². The molecule has 0 spiro atoms. The number of likely N-dealkylation sites (N-methyl/N-ethyl adjacent to an activating group) is 1. The normalized spacial score (nSPS) is 10.8. The number of nitrogens with two attached hydrogens (primary N) is 1. The molecule has 2 aromatic heterocycles. The molecule has 0 saturated carbocycles. The molecule has 108 valence electrons. The van der Waals surface area contributed by atoms with Gasteiger partial charge in [0.25, 0.3) is 0 Å². The molecular formula is C15H23N5. The Kier molecular flexibility index (Phi) is 4.74. The maximum atomic E-state index is 5.71. The van der Waals surface area contributed by atoms with Gasteiger partial charge in [0.1, 0.15) is 5.82 Å². The highest BCUT2D eigenvalue weighted by Gasteiger charge is 2.16. The summed E-state index contributed by atoms with van der Waals surface area (Å²) in [5.74, 6) is 1.17. The minimum atomic E-state index is 0.651. The molecule has 0 unspecified atom stereocenters. The average Bonchev–Trinajstić information content (AvgIpc) is 2.72. The van der Waals surface area contributed by atoms with E-state index in [9.17, 15) is 0 Å². The van der Waals surface area contributed by atoms with Crippen LogP contribution in [0.15, 0.2) is 24.5 Å². The number of anilines is 1. The van der Waals surface area contributed by atoms with E-state index in [0.717, 1.165) is 25.1 Å². The molecule has 2 rings (SSSR count). The van der Waals surface area contributed by atoms with Crippen molar-refractivity contribution in [1.82, 2.24) is 14.8 Å². The Labute approximate surface area is 120 Å². The van der Waals surface area contributed by atoms with Gasteiger partial charge in [0.05, 0.1) is 5.69 Å². The number of nitrogens with zero attached hydrogens (tertiary/aromatic N) is 4. The Hall–Kier alpha value is -1.88. The number of rotatable bonds is 6. The molecule has 0 aliphatic heterocycles. The van der Waals surface area contributed by atoms with Crippen LogP contribution in [-0.2, 0) is 19.9 Å². The monoisotopic (exact) mass is 273 g/mol. The lowest BCUT2D eigenvalue weighted by Gasteiger charge is -2.21. The lowest BCUT2D eigenvalue weighted by atomic mass is 10.1. The molecule has 0 radical (unpaired) electrons. The minimum Gasteiger partial charge on any atom is -0.359 e. The molecule has 5 heteroatoms. The molecular weight excluding hydrogens is 250 g/mol. The van der Waals surface area contributed by atoms with Crippen molar-refractivity contribution in [2.75, 3.05) is 25.0 Å². The first-order valence-corrected chi connectivity index (χ1v) is 6.96. The quantitative estimate of drug-likeness (QED) is 0.862. The summed E-state index contributed by atoms with van der Waals surface area (Å²) >= 11 is 0. The van der Waals surface area contributed by atoms with Gasteiger partial charge < -0.3 is 10.6 Å². The zero-order valence-electron chi connectivity index (χ0n) is 12.5. The SMILES string of the molecule is Cc1nn(C)c(N(C)CCc2ccncc2)c1CCN. The summed E-state index contributed by atoms with van der Waals surface area (Å²) in [5, 5.41) is 4.52. The zero-order chi connectivity index (χ0) is 14.5. The average molecular weight is 273 g/mol. The highest BCUT2D eigenvalue weighted by atomic mass is 15.4. The van der Waals surface area contributed by atoms with Gasteiger partial charge in [-0.15, -0.1) is 0 Å². The predicted octanol–water partition coefficient (Wildman–Crippen LogP) is 1.30. The molecule has 0 amide bonds. The molecule has 0 fully saturated rings. The van der Waals surface area contributed by atoms with E-state index in [0.29, 0.717) is 6.54 Å². The third-order valence-electron chi connectivity index (χ3n) is 3.55. The number of hydrogen-bond donors (Lipinski definition) is 1.